The van der Waals surface area contributed by atoms with E-state index in [1.807, 2.05) is 19.9 Å². The first-order valence-corrected chi connectivity index (χ1v) is 29.8. The molecule has 0 radical (unpaired) electrons. The average molecular weight is 1170 g/mol. The first-order chi connectivity index (χ1) is 36.6. The van der Waals surface area contributed by atoms with Gasteiger partial charge in [-0.15, -0.1) is 0 Å². The van der Waals surface area contributed by atoms with Crippen LogP contribution in [0.3, 0.4) is 0 Å². The van der Waals surface area contributed by atoms with Crippen molar-refractivity contribution in [3.05, 3.63) is 52.6 Å². The molecule has 11 aliphatic rings. The van der Waals surface area contributed by atoms with E-state index < -0.39 is 121 Å². The third kappa shape index (κ3) is 8.19. The molecule has 0 aromatic heterocycles. The second-order valence-electron chi connectivity index (χ2n) is 28.3. The number of nitrogens with zero attached hydrogens (tertiary/aromatic N) is 1. The molecular weight excluding hydrogens is 1090 g/mol. The number of ether oxygens (including phenoxy) is 5. The highest BCUT2D eigenvalue weighted by molar-refractivity contribution is 7.89. The topological polar surface area (TPSA) is 148 Å². The Hall–Kier alpha value is -2.41. The van der Waals surface area contributed by atoms with Crippen molar-refractivity contribution in [3.8, 4) is 0 Å². The minimum absolute atomic E-state index is 0.00519. The standard InChI is InChI=1S/C33H44F5NO6S.C25H33F5O4/c1-27(2)18-44-30(45-19-27)14-11-25-26-22(10-13-29(25,40)17-30)24-12-15-31(41,32(34,35)33(36,37)38)28(24,3)16-23(26)20-6-8-21(9-7-20)46(42,43)39(4)5;1-18(2)13-32-21(33-14-18)10-11-22-17-5-7-19(3)16(15(17)4-8-20(22,12-21)34-22)6-9-23(19,31)24(26,27)25(28,29)30/h6-9,22-24,40-41H,10-19H2,1-5H3;5,15-16,31H,4,6-14H2,1-3H3/t22?,23-,24?,28+,29-,31+;15-,16-,19-,20+,22?,23-/m10/s1. The number of rotatable bonds is 5. The third-order valence-corrected chi connectivity index (χ3v) is 24.1. The number of alkyl halides is 10. The first kappa shape index (κ1) is 59.3. The van der Waals surface area contributed by atoms with Gasteiger partial charge >= 0.3 is 24.2 Å². The van der Waals surface area contributed by atoms with E-state index in [9.17, 15) is 58.9 Å². The van der Waals surface area contributed by atoms with E-state index in [-0.39, 0.29) is 60.2 Å². The van der Waals surface area contributed by atoms with Gasteiger partial charge in [0.05, 0.1) is 36.9 Å². The van der Waals surface area contributed by atoms with Gasteiger partial charge < -0.3 is 39.0 Å². The fraction of sp³-hybridized carbons (Fsp3) is 0.828. The molecule has 450 valence electrons. The molecule has 3 aliphatic heterocycles. The van der Waals surface area contributed by atoms with Crippen LogP contribution < -0.4 is 0 Å². The number of sulfonamides is 1. The summed E-state index contributed by atoms with van der Waals surface area (Å²) in [5.74, 6) is -14.6. The maximum atomic E-state index is 15.3. The number of allylic oxidation sites excluding steroid dienone is 2. The van der Waals surface area contributed by atoms with Gasteiger partial charge in [0.2, 0.25) is 10.0 Å². The predicted molar refractivity (Wildman–Crippen MR) is 269 cm³/mol. The van der Waals surface area contributed by atoms with Gasteiger partial charge in [-0.05, 0) is 130 Å². The second-order valence-corrected chi connectivity index (χ2v) is 30.5. The summed E-state index contributed by atoms with van der Waals surface area (Å²) >= 11 is 0. The molecule has 2 spiro atoms. The van der Waals surface area contributed by atoms with E-state index in [0.717, 1.165) is 21.0 Å². The Bertz CT molecular complexity index is 2820. The molecule has 12 rings (SSSR count). The highest BCUT2D eigenvalue weighted by atomic mass is 32.2. The van der Waals surface area contributed by atoms with Gasteiger partial charge in [0.1, 0.15) is 22.4 Å². The van der Waals surface area contributed by atoms with Crippen molar-refractivity contribution in [1.82, 2.24) is 4.31 Å². The van der Waals surface area contributed by atoms with Gasteiger partial charge in [-0.3, -0.25) is 0 Å². The lowest BCUT2D eigenvalue weighted by atomic mass is 9.49. The van der Waals surface area contributed by atoms with Gasteiger partial charge in [-0.25, -0.2) is 12.7 Å². The summed E-state index contributed by atoms with van der Waals surface area (Å²) in [5, 5.41) is 34.7. The van der Waals surface area contributed by atoms with Crippen LogP contribution in [0.1, 0.15) is 156 Å². The molecule has 11 nitrogen and oxygen atoms in total. The first-order valence-electron chi connectivity index (χ1n) is 28.4. The number of hydrogen-bond acceptors (Lipinski definition) is 10. The lowest BCUT2D eigenvalue weighted by molar-refractivity contribution is -0.362. The minimum atomic E-state index is -5.95. The zero-order chi connectivity index (χ0) is 58.6. The van der Waals surface area contributed by atoms with Gasteiger partial charge in [0.15, 0.2) is 11.6 Å². The predicted octanol–water partition coefficient (Wildman–Crippen LogP) is 11.7. The Morgan fingerprint density at radius 3 is 1.62 bits per heavy atom. The highest BCUT2D eigenvalue weighted by Gasteiger charge is 2.83. The molecule has 0 amide bonds. The van der Waals surface area contributed by atoms with Crippen LogP contribution in [-0.2, 0) is 33.7 Å². The molecule has 22 heteroatoms. The molecule has 9 fully saturated rings. The monoisotopic (exact) mass is 1170 g/mol. The summed E-state index contributed by atoms with van der Waals surface area (Å²) < 4.78 is 200. The Kier molecular flexibility index (Phi) is 13.2. The normalized spacial score (nSPS) is 42.4. The number of aliphatic hydroxyl groups is 3. The van der Waals surface area contributed by atoms with Crippen molar-refractivity contribution in [2.24, 2.45) is 45.3 Å². The lowest BCUT2D eigenvalue weighted by Crippen LogP contribution is -2.65. The molecule has 8 aliphatic carbocycles. The van der Waals surface area contributed by atoms with Crippen molar-refractivity contribution in [2.75, 3.05) is 40.5 Å². The molecule has 80 heavy (non-hydrogen) atoms. The fourth-order valence-corrected chi connectivity index (χ4v) is 18.6. The van der Waals surface area contributed by atoms with E-state index in [1.54, 1.807) is 12.1 Å². The molecule has 0 bridgehead atoms. The molecule has 3 heterocycles. The largest absolute Gasteiger partial charge is 0.456 e. The highest BCUT2D eigenvalue weighted by Crippen LogP contribution is 2.76. The molecule has 1 aromatic rings. The van der Waals surface area contributed by atoms with Crippen molar-refractivity contribution in [2.45, 2.75) is 219 Å². The van der Waals surface area contributed by atoms with Gasteiger partial charge in [0, 0.05) is 67.4 Å². The second kappa shape index (κ2) is 17.8. The van der Waals surface area contributed by atoms with Crippen LogP contribution in [-0.4, -0.2) is 132 Å². The summed E-state index contributed by atoms with van der Waals surface area (Å²) in [4.78, 5) is 0.00519. The Morgan fingerprint density at radius 2 is 1.10 bits per heavy atom. The smallest absolute Gasteiger partial charge is 0.385 e. The number of epoxide rings is 1. The number of benzene rings is 1. The van der Waals surface area contributed by atoms with Crippen LogP contribution in [0.5, 0.6) is 0 Å². The molecule has 3 unspecified atom stereocenters. The zero-order valence-electron chi connectivity index (χ0n) is 46.8. The third-order valence-electron chi connectivity index (χ3n) is 22.3. The summed E-state index contributed by atoms with van der Waals surface area (Å²) in [5.41, 5.74) is -9.21. The van der Waals surface area contributed by atoms with Gasteiger partial charge in [0.25, 0.3) is 0 Å². The Balaban J connectivity index is 0.000000176. The van der Waals surface area contributed by atoms with E-state index in [4.69, 9.17) is 23.7 Å². The Morgan fingerprint density at radius 1 is 0.600 bits per heavy atom. The van der Waals surface area contributed by atoms with E-state index in [0.29, 0.717) is 83.4 Å². The van der Waals surface area contributed by atoms with Gasteiger partial charge in [-0.2, -0.15) is 43.9 Å². The summed E-state index contributed by atoms with van der Waals surface area (Å²) in [7, 11) is -1.01. The molecule has 6 saturated carbocycles. The van der Waals surface area contributed by atoms with E-state index >= 15 is 8.78 Å². The lowest BCUT2D eigenvalue weighted by Gasteiger charge is -2.59. The van der Waals surface area contributed by atoms with E-state index in [1.165, 1.54) is 40.1 Å². The van der Waals surface area contributed by atoms with Crippen LogP contribution in [0.15, 0.2) is 52.0 Å². The number of halogens is 10. The van der Waals surface area contributed by atoms with Crippen molar-refractivity contribution in [3.63, 3.8) is 0 Å². The maximum Gasteiger partial charge on any atom is 0.456 e. The fourth-order valence-electron chi connectivity index (χ4n) is 17.7. The summed E-state index contributed by atoms with van der Waals surface area (Å²) in [6, 6.07) is 5.94. The molecule has 3 saturated heterocycles. The average Bonchev–Trinajstić information content (AvgIpc) is 4.02. The van der Waals surface area contributed by atoms with Crippen LogP contribution in [0.4, 0.5) is 43.9 Å². The molecule has 12 atom stereocenters. The number of hydrogen-bond donors (Lipinski definition) is 3. The molecule has 3 N–H and O–H groups in total. The number of fused-ring (bicyclic) bond motifs is 7. The summed E-state index contributed by atoms with van der Waals surface area (Å²) in [6.45, 7) is 13.1. The van der Waals surface area contributed by atoms with Crippen LogP contribution in [0.2, 0.25) is 0 Å². The minimum Gasteiger partial charge on any atom is -0.385 e. The maximum absolute atomic E-state index is 15.3. The molecular formula is C58H77F10NO10S. The van der Waals surface area contributed by atoms with Crippen LogP contribution in [0.25, 0.3) is 0 Å². The molecule has 1 aromatic carbocycles. The Labute approximate surface area is 461 Å². The van der Waals surface area contributed by atoms with Crippen molar-refractivity contribution in [1.29, 1.82) is 0 Å². The SMILES string of the molecule is CC1(C)COC2(CCC34O[C@]3(CC[C@@H]3C4=CC[C@@]4(C)[C@H]3CC[C@@]4(O)C(F)(F)C(F)(F)F)C2)OC1.CN(C)S(=O)(=O)c1ccc([C@H]2C[C@@]3(C)C(CC[C@@]3(O)C(F)(F)C(F)(F)F)C3CC[C@@]4(O)CC5(CCC4=C32)OCC(C)(C)CO5)cc1. The van der Waals surface area contributed by atoms with Crippen molar-refractivity contribution < 1.29 is 91.3 Å². The quantitative estimate of drug-likeness (QED) is 0.148. The van der Waals surface area contributed by atoms with Crippen molar-refractivity contribution >= 4 is 10.0 Å². The summed E-state index contributed by atoms with van der Waals surface area (Å²) in [6.07, 6.45) is -6.43. The zero-order valence-corrected chi connectivity index (χ0v) is 47.6. The van der Waals surface area contributed by atoms with Crippen LogP contribution in [0, 0.1) is 45.3 Å². The van der Waals surface area contributed by atoms with Gasteiger partial charge in [-0.1, -0.05) is 65.3 Å². The van der Waals surface area contributed by atoms with Crippen LogP contribution >= 0.6 is 0 Å². The van der Waals surface area contributed by atoms with E-state index in [2.05, 4.69) is 13.8 Å².